The fourth-order valence-electron chi connectivity index (χ4n) is 2.32. The van der Waals surface area contributed by atoms with Gasteiger partial charge < -0.3 is 10.6 Å². The van der Waals surface area contributed by atoms with Gasteiger partial charge in [0.05, 0.1) is 5.56 Å². The molecule has 0 radical (unpaired) electrons. The molecule has 5 heteroatoms. The highest BCUT2D eigenvalue weighted by Crippen LogP contribution is 2.21. The number of rotatable bonds is 4. The Bertz CT molecular complexity index is 893. The summed E-state index contributed by atoms with van der Waals surface area (Å²) in [5.41, 5.74) is 3.19. The molecule has 3 aromatic rings. The molecule has 0 spiro atoms. The van der Waals surface area contributed by atoms with Gasteiger partial charge in [-0.25, -0.2) is 0 Å². The van der Waals surface area contributed by atoms with Crippen molar-refractivity contribution in [2.45, 2.75) is 6.92 Å². The largest absolute Gasteiger partial charge is 0.322 e. The molecule has 0 aliphatic carbocycles. The summed E-state index contributed by atoms with van der Waals surface area (Å²) < 4.78 is 0. The first-order valence-corrected chi connectivity index (χ1v) is 7.82. The number of hydrogen-bond acceptors (Lipinski definition) is 3. The zero-order valence-corrected chi connectivity index (χ0v) is 13.7. The van der Waals surface area contributed by atoms with E-state index in [-0.39, 0.29) is 11.8 Å². The Morgan fingerprint density at radius 2 is 1.56 bits per heavy atom. The van der Waals surface area contributed by atoms with E-state index in [0.29, 0.717) is 22.5 Å². The number of carbonyl (C=O) groups excluding carboxylic acids is 2. The number of pyridine rings is 1. The van der Waals surface area contributed by atoms with Crippen molar-refractivity contribution in [2.24, 2.45) is 0 Å². The zero-order chi connectivity index (χ0) is 17.6. The molecule has 0 atom stereocenters. The van der Waals surface area contributed by atoms with Crippen LogP contribution in [0.25, 0.3) is 0 Å². The average molecular weight is 331 g/mol. The third kappa shape index (κ3) is 4.09. The zero-order valence-electron chi connectivity index (χ0n) is 13.7. The van der Waals surface area contributed by atoms with Crippen molar-refractivity contribution < 1.29 is 9.59 Å². The summed E-state index contributed by atoms with van der Waals surface area (Å²) in [4.78, 5) is 28.5. The maximum Gasteiger partial charge on any atom is 0.257 e. The first kappa shape index (κ1) is 16.4. The van der Waals surface area contributed by atoms with Crippen LogP contribution in [0.15, 0.2) is 73.1 Å². The maximum absolute atomic E-state index is 12.3. The number of benzene rings is 2. The smallest absolute Gasteiger partial charge is 0.257 e. The molecule has 5 nitrogen and oxygen atoms in total. The van der Waals surface area contributed by atoms with E-state index in [2.05, 4.69) is 15.6 Å². The molecular weight excluding hydrogens is 314 g/mol. The van der Waals surface area contributed by atoms with Crippen molar-refractivity contribution in [3.05, 3.63) is 89.7 Å². The van der Waals surface area contributed by atoms with Gasteiger partial charge in [-0.2, -0.15) is 0 Å². The van der Waals surface area contributed by atoms with Gasteiger partial charge in [-0.15, -0.1) is 0 Å². The van der Waals surface area contributed by atoms with Crippen LogP contribution in [-0.2, 0) is 0 Å². The van der Waals surface area contributed by atoms with Crippen LogP contribution in [0.2, 0.25) is 0 Å². The lowest BCUT2D eigenvalue weighted by atomic mass is 10.1. The van der Waals surface area contributed by atoms with Crippen LogP contribution in [0.4, 0.5) is 11.4 Å². The van der Waals surface area contributed by atoms with Gasteiger partial charge in [-0.05, 0) is 48.9 Å². The minimum Gasteiger partial charge on any atom is -0.322 e. The van der Waals surface area contributed by atoms with Crippen molar-refractivity contribution in [1.29, 1.82) is 0 Å². The lowest BCUT2D eigenvalue weighted by molar-refractivity contribution is 0.101. The summed E-state index contributed by atoms with van der Waals surface area (Å²) in [7, 11) is 0. The van der Waals surface area contributed by atoms with Crippen molar-refractivity contribution >= 4 is 23.2 Å². The summed E-state index contributed by atoms with van der Waals surface area (Å²) in [5.74, 6) is -0.447. The number of amides is 2. The lowest BCUT2D eigenvalue weighted by Gasteiger charge is -2.11. The van der Waals surface area contributed by atoms with Gasteiger partial charge in [-0.3, -0.25) is 14.6 Å². The number of anilines is 2. The van der Waals surface area contributed by atoms with E-state index < -0.39 is 0 Å². The molecule has 0 saturated carbocycles. The van der Waals surface area contributed by atoms with Crippen molar-refractivity contribution in [3.8, 4) is 0 Å². The second-order valence-electron chi connectivity index (χ2n) is 5.55. The molecular formula is C20H17N3O2. The fraction of sp³-hybridized carbons (Fsp3) is 0.0500. The van der Waals surface area contributed by atoms with Crippen molar-refractivity contribution in [3.63, 3.8) is 0 Å². The number of aromatic nitrogens is 1. The molecule has 1 heterocycles. The molecule has 0 saturated heterocycles. The van der Waals surface area contributed by atoms with Crippen LogP contribution in [0.1, 0.15) is 26.3 Å². The molecule has 25 heavy (non-hydrogen) atoms. The minimum atomic E-state index is -0.247. The number of nitrogens with one attached hydrogen (secondary N) is 2. The molecule has 0 bridgehead atoms. The summed E-state index contributed by atoms with van der Waals surface area (Å²) in [6.07, 6.45) is 3.12. The summed E-state index contributed by atoms with van der Waals surface area (Å²) in [6.45, 7) is 1.89. The van der Waals surface area contributed by atoms with Gasteiger partial charge in [0.2, 0.25) is 0 Å². The minimum absolute atomic E-state index is 0.200. The van der Waals surface area contributed by atoms with Crippen LogP contribution >= 0.6 is 0 Å². The molecule has 124 valence electrons. The third-order valence-corrected chi connectivity index (χ3v) is 3.70. The molecule has 2 aromatic carbocycles. The number of carbonyl (C=O) groups is 2. The summed E-state index contributed by atoms with van der Waals surface area (Å²) >= 11 is 0. The average Bonchev–Trinajstić information content (AvgIpc) is 2.66. The van der Waals surface area contributed by atoms with E-state index in [0.717, 1.165) is 5.56 Å². The Labute approximate surface area is 145 Å². The number of nitrogens with zero attached hydrogens (tertiary/aromatic N) is 1. The van der Waals surface area contributed by atoms with Gasteiger partial charge in [0, 0.05) is 29.3 Å². The van der Waals surface area contributed by atoms with Crippen molar-refractivity contribution in [2.75, 3.05) is 10.6 Å². The maximum atomic E-state index is 12.3. The van der Waals surface area contributed by atoms with Crippen molar-refractivity contribution in [1.82, 2.24) is 4.98 Å². The molecule has 2 amide bonds. The van der Waals surface area contributed by atoms with E-state index in [1.165, 1.54) is 6.20 Å². The van der Waals surface area contributed by atoms with Gasteiger partial charge >= 0.3 is 0 Å². The van der Waals surface area contributed by atoms with Gasteiger partial charge in [0.1, 0.15) is 0 Å². The van der Waals surface area contributed by atoms with Crippen LogP contribution < -0.4 is 10.6 Å². The molecule has 0 aliphatic rings. The first-order chi connectivity index (χ1) is 12.1. The van der Waals surface area contributed by atoms with E-state index in [1.54, 1.807) is 42.6 Å². The Kier molecular flexibility index (Phi) is 4.85. The molecule has 0 aliphatic heterocycles. The summed E-state index contributed by atoms with van der Waals surface area (Å²) in [6, 6.07) is 17.8. The molecule has 2 N–H and O–H groups in total. The Hall–Kier alpha value is -3.47. The molecule has 1 aromatic heterocycles. The Morgan fingerprint density at radius 3 is 2.28 bits per heavy atom. The predicted molar refractivity (Wildman–Crippen MR) is 97.8 cm³/mol. The van der Waals surface area contributed by atoms with Crippen LogP contribution in [0.3, 0.4) is 0 Å². The van der Waals surface area contributed by atoms with Gasteiger partial charge in [0.15, 0.2) is 0 Å². The first-order valence-electron chi connectivity index (χ1n) is 7.82. The SMILES string of the molecule is Cc1ccc(NC(=O)c2ccccc2)cc1NC(=O)c1cccnc1. The summed E-state index contributed by atoms with van der Waals surface area (Å²) in [5, 5.41) is 5.69. The monoisotopic (exact) mass is 331 g/mol. The fourth-order valence-corrected chi connectivity index (χ4v) is 2.32. The lowest BCUT2D eigenvalue weighted by Crippen LogP contribution is -2.14. The molecule has 3 rings (SSSR count). The quantitative estimate of drug-likeness (QED) is 0.762. The standard InChI is InChI=1S/C20H17N3O2/c1-14-9-10-17(22-19(24)15-6-3-2-4-7-15)12-18(14)23-20(25)16-8-5-11-21-13-16/h2-13H,1H3,(H,22,24)(H,23,25). The topological polar surface area (TPSA) is 71.1 Å². The molecule has 0 unspecified atom stereocenters. The molecule has 0 fully saturated rings. The number of hydrogen-bond donors (Lipinski definition) is 2. The van der Waals surface area contributed by atoms with E-state index in [9.17, 15) is 9.59 Å². The van der Waals surface area contributed by atoms with Crippen LogP contribution in [0.5, 0.6) is 0 Å². The van der Waals surface area contributed by atoms with E-state index in [1.807, 2.05) is 31.2 Å². The highest BCUT2D eigenvalue weighted by molar-refractivity contribution is 6.06. The normalized spacial score (nSPS) is 10.1. The van der Waals surface area contributed by atoms with Gasteiger partial charge in [0.25, 0.3) is 11.8 Å². The Balaban J connectivity index is 1.76. The van der Waals surface area contributed by atoms with Crippen LogP contribution in [-0.4, -0.2) is 16.8 Å². The third-order valence-electron chi connectivity index (χ3n) is 3.70. The highest BCUT2D eigenvalue weighted by Gasteiger charge is 2.10. The van der Waals surface area contributed by atoms with Crippen LogP contribution in [0, 0.1) is 6.92 Å². The van der Waals surface area contributed by atoms with Gasteiger partial charge in [-0.1, -0.05) is 24.3 Å². The second-order valence-corrected chi connectivity index (χ2v) is 5.55. The predicted octanol–water partition coefficient (Wildman–Crippen LogP) is 3.89. The van der Waals surface area contributed by atoms with E-state index >= 15 is 0 Å². The second kappa shape index (κ2) is 7.40. The number of aryl methyl sites for hydroxylation is 1. The Morgan fingerprint density at radius 1 is 0.840 bits per heavy atom. The van der Waals surface area contributed by atoms with E-state index in [4.69, 9.17) is 0 Å². The highest BCUT2D eigenvalue weighted by atomic mass is 16.2.